The topological polar surface area (TPSA) is 0 Å². The minimum absolute atomic E-state index is 0.0741. The van der Waals surface area contributed by atoms with E-state index in [1.165, 1.54) is 0 Å². The highest BCUT2D eigenvalue weighted by Gasteiger charge is 2.34. The van der Waals surface area contributed by atoms with E-state index < -0.39 is 0 Å². The Labute approximate surface area is 63.4 Å². The molecule has 0 aromatic heterocycles. The first-order chi connectivity index (χ1) is 4.45. The van der Waals surface area contributed by atoms with Crippen molar-refractivity contribution in [2.24, 2.45) is 0 Å². The van der Waals surface area contributed by atoms with E-state index in [0.717, 1.165) is 0 Å². The molecule has 0 unspecified atom stereocenters. The standard InChI is InChI=1S/C8H19FN/c1-6-10(9,7(2)3)8(4)5/h7-8H,6H2,1-5H3/q+1. The molecule has 0 aromatic rings. The van der Waals surface area contributed by atoms with Gasteiger partial charge in [-0.1, -0.05) is 0 Å². The van der Waals surface area contributed by atoms with Crippen molar-refractivity contribution in [3.8, 4) is 0 Å². The van der Waals surface area contributed by atoms with Gasteiger partial charge in [0.05, 0.1) is 0 Å². The van der Waals surface area contributed by atoms with Gasteiger partial charge in [-0.25, -0.2) is 0 Å². The molecule has 0 heterocycles. The Kier molecular flexibility index (Phi) is 3.29. The van der Waals surface area contributed by atoms with Gasteiger partial charge in [-0.3, -0.25) is 0 Å². The molecule has 0 saturated heterocycles. The van der Waals surface area contributed by atoms with E-state index in [1.807, 2.05) is 34.6 Å². The molecule has 0 amide bonds. The Bertz CT molecular complexity index is 91.4. The van der Waals surface area contributed by atoms with Gasteiger partial charge in [0, 0.05) is 0 Å². The van der Waals surface area contributed by atoms with Crippen molar-refractivity contribution in [2.75, 3.05) is 6.54 Å². The van der Waals surface area contributed by atoms with E-state index >= 15 is 0 Å². The van der Waals surface area contributed by atoms with Crippen LogP contribution in [0.3, 0.4) is 0 Å². The Balaban J connectivity index is 4.23. The average Bonchev–Trinajstić information content (AvgIpc) is 1.85. The van der Waals surface area contributed by atoms with Crippen molar-refractivity contribution in [1.29, 1.82) is 0 Å². The van der Waals surface area contributed by atoms with E-state index in [9.17, 15) is 4.48 Å². The molecule has 0 radical (unpaired) electrons. The lowest BCUT2D eigenvalue weighted by Crippen LogP contribution is -2.50. The van der Waals surface area contributed by atoms with Crippen LogP contribution < -0.4 is 0 Å². The second-order valence-electron chi connectivity index (χ2n) is 3.33. The van der Waals surface area contributed by atoms with E-state index in [0.29, 0.717) is 6.54 Å². The highest BCUT2D eigenvalue weighted by atomic mass is 19.2. The minimum Gasteiger partial charge on any atom is -0.127 e. The minimum atomic E-state index is -0.319. The summed E-state index contributed by atoms with van der Waals surface area (Å²) >= 11 is 0. The van der Waals surface area contributed by atoms with Gasteiger partial charge in [0.2, 0.25) is 0 Å². The lowest BCUT2D eigenvalue weighted by molar-refractivity contribution is -1.09. The molecule has 0 aliphatic carbocycles. The molecular formula is C8H19FN+. The zero-order valence-corrected chi connectivity index (χ0v) is 7.69. The summed E-state index contributed by atoms with van der Waals surface area (Å²) in [5.74, 6) is 0. The Hall–Kier alpha value is -0.110. The summed E-state index contributed by atoms with van der Waals surface area (Å²) in [6.07, 6.45) is 0. The third kappa shape index (κ3) is 1.69. The monoisotopic (exact) mass is 148 g/mol. The average molecular weight is 148 g/mol. The van der Waals surface area contributed by atoms with Crippen molar-refractivity contribution < 1.29 is 9.19 Å². The predicted octanol–water partition coefficient (Wildman–Crippen LogP) is 2.52. The molecule has 62 valence electrons. The number of rotatable bonds is 3. The van der Waals surface area contributed by atoms with Crippen molar-refractivity contribution in [2.45, 2.75) is 46.7 Å². The number of hydrogen-bond acceptors (Lipinski definition) is 0. The predicted molar refractivity (Wildman–Crippen MR) is 42.2 cm³/mol. The molecule has 10 heavy (non-hydrogen) atoms. The van der Waals surface area contributed by atoms with Crippen LogP contribution in [0.4, 0.5) is 4.48 Å². The molecule has 0 N–H and O–H groups in total. The number of halogens is 1. The van der Waals surface area contributed by atoms with Gasteiger partial charge < -0.3 is 0 Å². The van der Waals surface area contributed by atoms with Gasteiger partial charge in [-0.2, -0.15) is 0 Å². The molecule has 2 heteroatoms. The molecule has 0 bridgehead atoms. The lowest BCUT2D eigenvalue weighted by Gasteiger charge is -2.32. The maximum Gasteiger partial charge on any atom is 0.120 e. The van der Waals surface area contributed by atoms with Crippen molar-refractivity contribution in [1.82, 2.24) is 0 Å². The van der Waals surface area contributed by atoms with Gasteiger partial charge in [-0.15, -0.1) is 4.71 Å². The molecule has 0 rings (SSSR count). The Morgan fingerprint density at radius 1 is 1.10 bits per heavy atom. The van der Waals surface area contributed by atoms with E-state index in [-0.39, 0.29) is 16.8 Å². The smallest absolute Gasteiger partial charge is 0.120 e. The fourth-order valence-electron chi connectivity index (χ4n) is 1.33. The van der Waals surface area contributed by atoms with Crippen LogP contribution in [0.5, 0.6) is 0 Å². The van der Waals surface area contributed by atoms with Crippen LogP contribution in [0.2, 0.25) is 0 Å². The first-order valence-electron chi connectivity index (χ1n) is 4.02. The normalized spacial score (nSPS) is 13.2. The Morgan fingerprint density at radius 3 is 1.40 bits per heavy atom. The largest absolute Gasteiger partial charge is 0.127 e. The number of hydrogen-bond donors (Lipinski definition) is 0. The molecule has 0 fully saturated rings. The van der Waals surface area contributed by atoms with Gasteiger partial charge >= 0.3 is 0 Å². The maximum absolute atomic E-state index is 13.7. The SMILES string of the molecule is CC[N+](F)(C(C)C)C(C)C. The summed E-state index contributed by atoms with van der Waals surface area (Å²) in [7, 11) is 0. The quantitative estimate of drug-likeness (QED) is 0.539. The summed E-state index contributed by atoms with van der Waals surface area (Å²) in [6.45, 7) is 10.1. The van der Waals surface area contributed by atoms with Gasteiger partial charge in [0.25, 0.3) is 0 Å². The highest BCUT2D eigenvalue weighted by Crippen LogP contribution is 2.19. The van der Waals surface area contributed by atoms with Crippen LogP contribution in [-0.2, 0) is 0 Å². The Morgan fingerprint density at radius 2 is 1.40 bits per heavy atom. The number of quaternary nitrogens is 1. The van der Waals surface area contributed by atoms with Crippen LogP contribution in [0.15, 0.2) is 0 Å². The first-order valence-corrected chi connectivity index (χ1v) is 4.02. The summed E-state index contributed by atoms with van der Waals surface area (Å²) in [4.78, 5) is 0. The summed E-state index contributed by atoms with van der Waals surface area (Å²) < 4.78 is 13.4. The zero-order chi connectivity index (χ0) is 8.36. The summed E-state index contributed by atoms with van der Waals surface area (Å²) in [5.41, 5.74) is 0. The van der Waals surface area contributed by atoms with Crippen molar-refractivity contribution in [3.05, 3.63) is 0 Å². The first kappa shape index (κ1) is 9.89. The van der Waals surface area contributed by atoms with Crippen LogP contribution in [0.1, 0.15) is 34.6 Å². The molecule has 0 aliphatic rings. The highest BCUT2D eigenvalue weighted by molar-refractivity contribution is 4.44. The zero-order valence-electron chi connectivity index (χ0n) is 7.69. The molecule has 0 aliphatic heterocycles. The van der Waals surface area contributed by atoms with E-state index in [4.69, 9.17) is 0 Å². The molecule has 0 spiro atoms. The third-order valence-electron chi connectivity index (χ3n) is 2.20. The fraction of sp³-hybridized carbons (Fsp3) is 1.00. The van der Waals surface area contributed by atoms with Gasteiger partial charge in [0.1, 0.15) is 18.6 Å². The molecule has 0 atom stereocenters. The van der Waals surface area contributed by atoms with Crippen LogP contribution in [-0.4, -0.2) is 23.3 Å². The fourth-order valence-corrected chi connectivity index (χ4v) is 1.33. The number of nitrogens with zero attached hydrogens (tertiary/aromatic N) is 1. The lowest BCUT2D eigenvalue weighted by atomic mass is 10.2. The molecule has 0 saturated carbocycles. The molecule has 0 aromatic carbocycles. The molecular weight excluding hydrogens is 129 g/mol. The van der Waals surface area contributed by atoms with Crippen LogP contribution in [0, 0.1) is 0 Å². The van der Waals surface area contributed by atoms with Gasteiger partial charge in [0.15, 0.2) is 0 Å². The van der Waals surface area contributed by atoms with Crippen LogP contribution in [0.25, 0.3) is 0 Å². The maximum atomic E-state index is 13.7. The summed E-state index contributed by atoms with van der Waals surface area (Å²) in [5, 5.41) is 0. The molecule has 1 nitrogen and oxygen atoms in total. The second-order valence-corrected chi connectivity index (χ2v) is 3.33. The second kappa shape index (κ2) is 3.33. The van der Waals surface area contributed by atoms with E-state index in [2.05, 4.69) is 0 Å². The van der Waals surface area contributed by atoms with Crippen LogP contribution >= 0.6 is 0 Å². The van der Waals surface area contributed by atoms with Crippen molar-refractivity contribution in [3.63, 3.8) is 0 Å². The third-order valence-corrected chi connectivity index (χ3v) is 2.20. The van der Waals surface area contributed by atoms with Gasteiger partial charge in [-0.05, 0) is 39.1 Å². The van der Waals surface area contributed by atoms with Crippen molar-refractivity contribution >= 4 is 0 Å². The summed E-state index contributed by atoms with van der Waals surface area (Å²) in [6, 6.07) is 0.148. The van der Waals surface area contributed by atoms with E-state index in [1.54, 1.807) is 0 Å².